The lowest BCUT2D eigenvalue weighted by atomic mass is 10.0. The summed E-state index contributed by atoms with van der Waals surface area (Å²) >= 11 is 0. The zero-order chi connectivity index (χ0) is 16.2. The van der Waals surface area contributed by atoms with E-state index >= 15 is 0 Å². The summed E-state index contributed by atoms with van der Waals surface area (Å²) in [7, 11) is 0. The highest BCUT2D eigenvalue weighted by Gasteiger charge is 2.34. The Hall–Kier alpha value is -1.60. The first-order chi connectivity index (χ1) is 10.7. The Kier molecular flexibility index (Phi) is 9.25. The zero-order valence-corrected chi connectivity index (χ0v) is 13.3. The molecular formula is C16H24N2O4. The molecular weight excluding hydrogens is 284 g/mol. The molecule has 1 heterocycles. The predicted molar refractivity (Wildman–Crippen MR) is 80.6 cm³/mol. The van der Waals surface area contributed by atoms with Crippen LogP contribution in [-0.4, -0.2) is 56.1 Å². The quantitative estimate of drug-likeness (QED) is 0.384. The van der Waals surface area contributed by atoms with Crippen LogP contribution in [0, 0.1) is 23.2 Å². The Bertz CT molecular complexity index is 430. The number of hydrogen-bond acceptors (Lipinski definition) is 5. The molecule has 0 aliphatic carbocycles. The second-order valence-electron chi connectivity index (χ2n) is 4.76. The molecule has 0 radical (unpaired) electrons. The summed E-state index contributed by atoms with van der Waals surface area (Å²) in [6.07, 6.45) is 1.82. The van der Waals surface area contributed by atoms with Gasteiger partial charge in [0.2, 0.25) is 5.91 Å². The van der Waals surface area contributed by atoms with Crippen molar-refractivity contribution in [3.05, 3.63) is 0 Å². The number of carbonyl (C=O) groups excluding carboxylic acids is 1. The number of ether oxygens (including phenoxy) is 3. The fraction of sp³-hybridized carbons (Fsp3) is 0.750. The van der Waals surface area contributed by atoms with Gasteiger partial charge in [0.25, 0.3) is 0 Å². The van der Waals surface area contributed by atoms with E-state index in [2.05, 4.69) is 11.8 Å². The van der Waals surface area contributed by atoms with Crippen LogP contribution in [0.4, 0.5) is 0 Å². The van der Waals surface area contributed by atoms with Crippen LogP contribution in [0.2, 0.25) is 0 Å². The van der Waals surface area contributed by atoms with Crippen molar-refractivity contribution in [3.63, 3.8) is 0 Å². The Morgan fingerprint density at radius 1 is 1.27 bits per heavy atom. The van der Waals surface area contributed by atoms with E-state index in [4.69, 9.17) is 19.5 Å². The maximum absolute atomic E-state index is 12.2. The van der Waals surface area contributed by atoms with Crippen molar-refractivity contribution in [1.82, 2.24) is 4.90 Å². The van der Waals surface area contributed by atoms with E-state index in [-0.39, 0.29) is 25.2 Å². The number of carbonyl (C=O) groups is 1. The maximum atomic E-state index is 12.2. The van der Waals surface area contributed by atoms with Gasteiger partial charge in [0, 0.05) is 19.6 Å². The highest BCUT2D eigenvalue weighted by atomic mass is 16.7. The van der Waals surface area contributed by atoms with E-state index in [9.17, 15) is 4.79 Å². The largest absolute Gasteiger partial charge is 0.354 e. The Morgan fingerprint density at radius 3 is 2.64 bits per heavy atom. The third kappa shape index (κ3) is 6.03. The van der Waals surface area contributed by atoms with Gasteiger partial charge in [-0.3, -0.25) is 4.79 Å². The van der Waals surface area contributed by atoms with E-state index in [1.165, 1.54) is 0 Å². The molecule has 6 heteroatoms. The van der Waals surface area contributed by atoms with Crippen LogP contribution in [0.1, 0.15) is 33.1 Å². The van der Waals surface area contributed by atoms with E-state index in [0.717, 1.165) is 12.8 Å². The van der Waals surface area contributed by atoms with Gasteiger partial charge in [-0.1, -0.05) is 11.8 Å². The molecule has 0 saturated carbocycles. The summed E-state index contributed by atoms with van der Waals surface area (Å²) in [5.74, 6) is 5.81. The van der Waals surface area contributed by atoms with Crippen LogP contribution in [0.25, 0.3) is 0 Å². The van der Waals surface area contributed by atoms with E-state index in [0.29, 0.717) is 26.2 Å². The fourth-order valence-corrected chi connectivity index (χ4v) is 2.37. The number of nitriles is 1. The Balaban J connectivity index is 2.64. The lowest BCUT2D eigenvalue weighted by molar-refractivity contribution is -0.185. The third-order valence-corrected chi connectivity index (χ3v) is 3.30. The minimum absolute atomic E-state index is 0.0245. The number of nitrogens with zero attached hydrogens (tertiary/aromatic N) is 2. The molecule has 0 aromatic carbocycles. The molecule has 1 atom stereocenters. The molecule has 1 rings (SSSR count). The fourth-order valence-electron chi connectivity index (χ4n) is 2.37. The summed E-state index contributed by atoms with van der Waals surface area (Å²) in [5.41, 5.74) is 0. The molecule has 0 aromatic heterocycles. The molecule has 0 aromatic rings. The monoisotopic (exact) mass is 308 g/mol. The van der Waals surface area contributed by atoms with Gasteiger partial charge in [-0.15, -0.1) is 0 Å². The van der Waals surface area contributed by atoms with Crippen molar-refractivity contribution in [2.75, 3.05) is 33.0 Å². The second-order valence-corrected chi connectivity index (χ2v) is 4.76. The third-order valence-electron chi connectivity index (χ3n) is 3.30. The first-order valence-electron chi connectivity index (χ1n) is 7.67. The summed E-state index contributed by atoms with van der Waals surface area (Å²) in [6.45, 7) is 5.45. The van der Waals surface area contributed by atoms with Gasteiger partial charge in [0.05, 0.1) is 18.7 Å². The maximum Gasteiger partial charge on any atom is 0.223 e. The van der Waals surface area contributed by atoms with E-state index < -0.39 is 6.29 Å². The first-order valence-corrected chi connectivity index (χ1v) is 7.67. The second kappa shape index (κ2) is 11.0. The minimum Gasteiger partial charge on any atom is -0.354 e. The van der Waals surface area contributed by atoms with Gasteiger partial charge in [-0.05, 0) is 26.7 Å². The molecule has 0 spiro atoms. The SMILES string of the molecule is CCOC(OCC)[C@H]1CCCC(=O)N1CC#CCOCC#N. The summed E-state index contributed by atoms with van der Waals surface area (Å²) < 4.78 is 16.2. The molecule has 1 fully saturated rings. The molecule has 0 unspecified atom stereocenters. The summed E-state index contributed by atoms with van der Waals surface area (Å²) in [4.78, 5) is 13.9. The molecule has 6 nitrogen and oxygen atoms in total. The normalized spacial score (nSPS) is 18.0. The zero-order valence-electron chi connectivity index (χ0n) is 13.3. The van der Waals surface area contributed by atoms with Crippen molar-refractivity contribution in [3.8, 4) is 17.9 Å². The van der Waals surface area contributed by atoms with Crippen LogP contribution in [0.3, 0.4) is 0 Å². The summed E-state index contributed by atoms with van der Waals surface area (Å²) in [5, 5.41) is 8.35. The van der Waals surface area contributed by atoms with Crippen LogP contribution in [-0.2, 0) is 19.0 Å². The van der Waals surface area contributed by atoms with Crippen molar-refractivity contribution >= 4 is 5.91 Å². The van der Waals surface area contributed by atoms with Gasteiger partial charge in [-0.25, -0.2) is 0 Å². The first kappa shape index (κ1) is 18.4. The molecule has 22 heavy (non-hydrogen) atoms. The highest BCUT2D eigenvalue weighted by Crippen LogP contribution is 2.23. The van der Waals surface area contributed by atoms with Crippen molar-refractivity contribution in [1.29, 1.82) is 5.26 Å². The molecule has 1 aliphatic heterocycles. The smallest absolute Gasteiger partial charge is 0.223 e. The standard InChI is InChI=1S/C16H24N2O4/c1-3-21-16(22-4-2)14-8-7-9-15(19)18(14)11-5-6-12-20-13-10-17/h14,16H,3-4,7-9,11-13H2,1-2H3/t14-/m1/s1. The lowest BCUT2D eigenvalue weighted by Crippen LogP contribution is -2.51. The number of amides is 1. The average Bonchev–Trinajstić information content (AvgIpc) is 2.51. The topological polar surface area (TPSA) is 71.8 Å². The molecule has 0 N–H and O–H groups in total. The highest BCUT2D eigenvalue weighted by molar-refractivity contribution is 5.77. The van der Waals surface area contributed by atoms with Crippen LogP contribution >= 0.6 is 0 Å². The number of likely N-dealkylation sites (tertiary alicyclic amines) is 1. The number of rotatable bonds is 8. The van der Waals surface area contributed by atoms with Crippen molar-refractivity contribution in [2.24, 2.45) is 0 Å². The van der Waals surface area contributed by atoms with Gasteiger partial charge in [-0.2, -0.15) is 5.26 Å². The molecule has 0 bridgehead atoms. The molecule has 122 valence electrons. The van der Waals surface area contributed by atoms with Crippen LogP contribution < -0.4 is 0 Å². The van der Waals surface area contributed by atoms with Crippen LogP contribution in [0.15, 0.2) is 0 Å². The van der Waals surface area contributed by atoms with Gasteiger partial charge < -0.3 is 19.1 Å². The van der Waals surface area contributed by atoms with Crippen LogP contribution in [0.5, 0.6) is 0 Å². The number of piperidine rings is 1. The van der Waals surface area contributed by atoms with Crippen molar-refractivity contribution in [2.45, 2.75) is 45.4 Å². The Morgan fingerprint density at radius 2 is 2.00 bits per heavy atom. The summed E-state index contributed by atoms with van der Waals surface area (Å²) in [6, 6.07) is 1.78. The minimum atomic E-state index is -0.407. The molecule has 1 amide bonds. The predicted octanol–water partition coefficient (Wildman–Crippen LogP) is 1.31. The lowest BCUT2D eigenvalue weighted by Gasteiger charge is -2.38. The van der Waals surface area contributed by atoms with E-state index in [1.54, 1.807) is 4.90 Å². The van der Waals surface area contributed by atoms with Gasteiger partial charge in [0.15, 0.2) is 6.29 Å². The number of hydrogen-bond donors (Lipinski definition) is 0. The average molecular weight is 308 g/mol. The van der Waals surface area contributed by atoms with E-state index in [1.807, 2.05) is 19.9 Å². The molecule has 1 saturated heterocycles. The Labute approximate surface area is 132 Å². The van der Waals surface area contributed by atoms with Crippen molar-refractivity contribution < 1.29 is 19.0 Å². The van der Waals surface area contributed by atoms with Gasteiger partial charge in [0.1, 0.15) is 13.2 Å². The molecule has 1 aliphatic rings. The van der Waals surface area contributed by atoms with Gasteiger partial charge >= 0.3 is 0 Å².